The summed E-state index contributed by atoms with van der Waals surface area (Å²) in [5.41, 5.74) is 6.90. The van der Waals surface area contributed by atoms with Crippen molar-refractivity contribution < 1.29 is 27.8 Å². The van der Waals surface area contributed by atoms with Crippen molar-refractivity contribution in [1.29, 1.82) is 0 Å². The number of halogens is 2. The first kappa shape index (κ1) is 27.7. The number of nitrogens with one attached hydrogen (secondary N) is 1. The molecule has 5 aromatic rings. The molecule has 3 N–H and O–H groups in total. The molecule has 0 bridgehead atoms. The van der Waals surface area contributed by atoms with Crippen molar-refractivity contribution in [1.82, 2.24) is 24.5 Å². The second-order valence-corrected chi connectivity index (χ2v) is 9.85. The lowest BCUT2D eigenvalue weighted by atomic mass is 10.0. The fourth-order valence-electron chi connectivity index (χ4n) is 4.31. The lowest BCUT2D eigenvalue weighted by Crippen LogP contribution is -2.18. The van der Waals surface area contributed by atoms with Crippen LogP contribution in [0, 0.1) is 6.92 Å². The molecular formula is C27H25F2N7O4S. The molecule has 0 aliphatic carbocycles. The molecule has 1 aromatic carbocycles. The minimum absolute atomic E-state index is 0.0265. The van der Waals surface area contributed by atoms with E-state index >= 15 is 0 Å². The van der Waals surface area contributed by atoms with Gasteiger partial charge in [0, 0.05) is 29.4 Å². The zero-order chi connectivity index (χ0) is 29.3. The molecule has 5 rings (SSSR count). The normalized spacial score (nSPS) is 11.3. The van der Waals surface area contributed by atoms with Crippen molar-refractivity contribution in [3.63, 3.8) is 0 Å². The number of alkyl halides is 2. The first-order valence-corrected chi connectivity index (χ1v) is 13.2. The van der Waals surface area contributed by atoms with E-state index in [1.54, 1.807) is 55.4 Å². The third-order valence-corrected chi connectivity index (χ3v) is 7.46. The molecule has 0 saturated carbocycles. The number of aromatic nitrogens is 5. The van der Waals surface area contributed by atoms with Gasteiger partial charge in [0.2, 0.25) is 0 Å². The Balaban J connectivity index is 1.49. The number of pyridine rings is 1. The molecule has 2 amide bonds. The van der Waals surface area contributed by atoms with Crippen LogP contribution in [0.1, 0.15) is 44.9 Å². The highest BCUT2D eigenvalue weighted by molar-refractivity contribution is 7.21. The summed E-state index contributed by atoms with van der Waals surface area (Å²) in [5.74, 6) is -0.217. The number of thiophene rings is 1. The fraction of sp³-hybridized carbons (Fsp3) is 0.222. The van der Waals surface area contributed by atoms with Crippen molar-refractivity contribution in [2.75, 3.05) is 12.4 Å². The van der Waals surface area contributed by atoms with Gasteiger partial charge in [0.05, 0.1) is 19.0 Å². The zero-order valence-corrected chi connectivity index (χ0v) is 23.0. The Bertz CT molecular complexity index is 1740. The lowest BCUT2D eigenvalue weighted by molar-refractivity contribution is 0.100. The van der Waals surface area contributed by atoms with Crippen LogP contribution in [0.5, 0.6) is 11.5 Å². The van der Waals surface area contributed by atoms with Crippen molar-refractivity contribution in [3.05, 3.63) is 70.8 Å². The second kappa shape index (κ2) is 11.3. The van der Waals surface area contributed by atoms with Crippen molar-refractivity contribution in [2.45, 2.75) is 33.5 Å². The summed E-state index contributed by atoms with van der Waals surface area (Å²) in [4.78, 5) is 29.9. The monoisotopic (exact) mass is 581 g/mol. The molecule has 0 aliphatic rings. The number of carbonyl (C=O) groups excluding carboxylic acids is 2. The number of hydrogen-bond donors (Lipinski definition) is 2. The second-order valence-electron chi connectivity index (χ2n) is 8.85. The number of nitrogens with zero attached hydrogens (tertiary/aromatic N) is 5. The third-order valence-electron chi connectivity index (χ3n) is 6.36. The molecule has 4 aromatic heterocycles. The molecule has 0 spiro atoms. The summed E-state index contributed by atoms with van der Waals surface area (Å²) in [6.45, 7) is 4.30. The van der Waals surface area contributed by atoms with Gasteiger partial charge in [-0.3, -0.25) is 14.3 Å². The minimum Gasteiger partial charge on any atom is -0.497 e. The summed E-state index contributed by atoms with van der Waals surface area (Å²) < 4.78 is 41.6. The van der Waals surface area contributed by atoms with Crippen LogP contribution in [0.25, 0.3) is 21.3 Å². The van der Waals surface area contributed by atoms with Crippen molar-refractivity contribution >= 4 is 39.1 Å². The van der Waals surface area contributed by atoms with E-state index in [2.05, 4.69) is 20.5 Å². The average Bonchev–Trinajstić information content (AvgIpc) is 3.69. The molecule has 0 saturated heterocycles. The first-order valence-electron chi connectivity index (χ1n) is 12.4. The predicted octanol–water partition coefficient (Wildman–Crippen LogP) is 5.02. The van der Waals surface area contributed by atoms with Crippen LogP contribution in [0.3, 0.4) is 0 Å². The Morgan fingerprint density at radius 3 is 2.51 bits per heavy atom. The number of hydrogen-bond acceptors (Lipinski definition) is 8. The van der Waals surface area contributed by atoms with E-state index in [1.807, 2.05) is 6.92 Å². The van der Waals surface area contributed by atoms with Gasteiger partial charge in [-0.05, 0) is 55.8 Å². The van der Waals surface area contributed by atoms with Crippen LogP contribution in [-0.2, 0) is 13.3 Å². The van der Waals surface area contributed by atoms with Gasteiger partial charge in [-0.15, -0.1) is 11.3 Å². The van der Waals surface area contributed by atoms with Gasteiger partial charge in [-0.1, -0.05) is 0 Å². The summed E-state index contributed by atoms with van der Waals surface area (Å²) in [6, 6.07) is 9.70. The van der Waals surface area contributed by atoms with Gasteiger partial charge < -0.3 is 20.5 Å². The third kappa shape index (κ3) is 5.45. The number of anilines is 1. The number of methoxy groups -OCH3 is 1. The van der Waals surface area contributed by atoms with Gasteiger partial charge >= 0.3 is 0 Å². The number of ether oxygens (including phenoxy) is 2. The molecule has 41 heavy (non-hydrogen) atoms. The minimum atomic E-state index is -2.86. The maximum absolute atomic E-state index is 13.8. The van der Waals surface area contributed by atoms with E-state index in [4.69, 9.17) is 15.2 Å². The van der Waals surface area contributed by atoms with Crippen LogP contribution in [-0.4, -0.2) is 43.5 Å². The smallest absolute Gasteiger partial charge is 0.280 e. The lowest BCUT2D eigenvalue weighted by Gasteiger charge is -2.10. The predicted molar refractivity (Wildman–Crippen MR) is 149 cm³/mol. The van der Waals surface area contributed by atoms with Crippen LogP contribution in [0.15, 0.2) is 48.8 Å². The van der Waals surface area contributed by atoms with Gasteiger partial charge in [-0.2, -0.15) is 10.2 Å². The highest BCUT2D eigenvalue weighted by Crippen LogP contribution is 2.43. The van der Waals surface area contributed by atoms with E-state index in [-0.39, 0.29) is 27.8 Å². The molecule has 14 heteroatoms. The fourth-order valence-corrected chi connectivity index (χ4v) is 5.32. The highest BCUT2D eigenvalue weighted by Gasteiger charge is 2.27. The average molecular weight is 582 g/mol. The number of aryl methyl sites for hydroxylation is 1. The number of benzene rings is 1. The standard InChI is InChI=1S/C27H25F2N7O4S/c1-4-36-14(2)18(12-31-36)17-11-20(24(28)29)32-27-21(17)22(23(41-27)25(30)37)33-26(38)19-9-10-35(34-19)13-40-16-7-5-15(39-3)6-8-16/h5-12,24H,4,13H2,1-3H3,(H2,30,37)(H,33,38). The molecule has 0 fully saturated rings. The largest absolute Gasteiger partial charge is 0.497 e. The van der Waals surface area contributed by atoms with E-state index in [0.717, 1.165) is 17.0 Å². The molecular weight excluding hydrogens is 556 g/mol. The maximum Gasteiger partial charge on any atom is 0.280 e. The number of carbonyl (C=O) groups is 2. The molecule has 0 unspecified atom stereocenters. The van der Waals surface area contributed by atoms with E-state index in [0.29, 0.717) is 34.6 Å². The quantitative estimate of drug-likeness (QED) is 0.236. The molecule has 212 valence electrons. The summed E-state index contributed by atoms with van der Waals surface area (Å²) >= 11 is 0.826. The maximum atomic E-state index is 13.8. The number of primary amides is 1. The first-order chi connectivity index (χ1) is 19.7. The number of nitrogens with two attached hydrogens (primary N) is 1. The van der Waals surface area contributed by atoms with E-state index < -0.39 is 23.9 Å². The van der Waals surface area contributed by atoms with Gasteiger partial charge in [0.1, 0.15) is 26.9 Å². The van der Waals surface area contributed by atoms with Crippen LogP contribution < -0.4 is 20.5 Å². The molecule has 0 aliphatic heterocycles. The van der Waals surface area contributed by atoms with Crippen LogP contribution >= 0.6 is 11.3 Å². The molecule has 0 atom stereocenters. The Morgan fingerprint density at radius 2 is 1.88 bits per heavy atom. The van der Waals surface area contributed by atoms with Crippen molar-refractivity contribution in [2.24, 2.45) is 5.73 Å². The number of rotatable bonds is 10. The summed E-state index contributed by atoms with van der Waals surface area (Å²) in [6.07, 6.45) is 0.255. The van der Waals surface area contributed by atoms with E-state index in [1.165, 1.54) is 16.8 Å². The van der Waals surface area contributed by atoms with Crippen LogP contribution in [0.2, 0.25) is 0 Å². The topological polar surface area (TPSA) is 139 Å². The SMILES string of the molecule is CCn1ncc(-c2cc(C(F)F)nc3sc(C(N)=O)c(NC(=O)c4ccn(COc5ccc(OC)cc5)n4)c23)c1C. The number of fused-ring (bicyclic) bond motifs is 1. The van der Waals surface area contributed by atoms with Gasteiger partial charge in [0.15, 0.2) is 12.4 Å². The number of amides is 2. The highest BCUT2D eigenvalue weighted by atomic mass is 32.1. The Kier molecular flexibility index (Phi) is 7.66. The molecule has 4 heterocycles. The molecule has 0 radical (unpaired) electrons. The van der Waals surface area contributed by atoms with Crippen molar-refractivity contribution in [3.8, 4) is 22.6 Å². The Labute approximate surface area is 236 Å². The van der Waals surface area contributed by atoms with Crippen LogP contribution in [0.4, 0.5) is 14.5 Å². The van der Waals surface area contributed by atoms with E-state index in [9.17, 15) is 18.4 Å². The summed E-state index contributed by atoms with van der Waals surface area (Å²) in [7, 11) is 1.57. The van der Waals surface area contributed by atoms with Gasteiger partial charge in [0.25, 0.3) is 18.2 Å². The van der Waals surface area contributed by atoms with Gasteiger partial charge in [-0.25, -0.2) is 18.4 Å². The Morgan fingerprint density at radius 1 is 1.15 bits per heavy atom. The summed E-state index contributed by atoms with van der Waals surface area (Å²) in [5, 5.41) is 11.6. The molecule has 11 nitrogen and oxygen atoms in total. The Hall–Kier alpha value is -4.85. The zero-order valence-electron chi connectivity index (χ0n) is 22.2.